The zero-order valence-corrected chi connectivity index (χ0v) is 17.3. The third-order valence-electron chi connectivity index (χ3n) is 5.76. The predicted octanol–water partition coefficient (Wildman–Crippen LogP) is 4.39. The number of hydrogen-bond acceptors (Lipinski definition) is 4. The molecule has 3 rings (SSSR count). The van der Waals surface area contributed by atoms with E-state index in [2.05, 4.69) is 5.32 Å². The molecule has 0 spiro atoms. The highest BCUT2D eigenvalue weighted by molar-refractivity contribution is 5.92. The lowest BCUT2D eigenvalue weighted by Gasteiger charge is -2.25. The van der Waals surface area contributed by atoms with Crippen molar-refractivity contribution in [2.75, 3.05) is 26.7 Å². The lowest BCUT2D eigenvalue weighted by Crippen LogP contribution is -2.34. The van der Waals surface area contributed by atoms with Gasteiger partial charge in [-0.3, -0.25) is 4.79 Å². The van der Waals surface area contributed by atoms with Crippen molar-refractivity contribution in [2.45, 2.75) is 51.4 Å². The number of ether oxygens (including phenoxy) is 2. The first-order valence-corrected chi connectivity index (χ1v) is 10.8. The molecule has 1 aliphatic carbocycles. The van der Waals surface area contributed by atoms with Gasteiger partial charge < -0.3 is 19.7 Å². The van der Waals surface area contributed by atoms with Crippen LogP contribution in [0, 0.1) is 5.92 Å². The highest BCUT2D eigenvalue weighted by atomic mass is 16.6. The summed E-state index contributed by atoms with van der Waals surface area (Å²) in [7, 11) is 1.57. The number of nitrogens with one attached hydrogen (secondary N) is 1. The fourth-order valence-corrected chi connectivity index (χ4v) is 4.00. The van der Waals surface area contributed by atoms with Crippen LogP contribution in [0.2, 0.25) is 0 Å². The van der Waals surface area contributed by atoms with Crippen LogP contribution < -0.4 is 14.8 Å². The maximum Gasteiger partial charge on any atom is 0.412 e. The Kier molecular flexibility index (Phi) is 7.96. The summed E-state index contributed by atoms with van der Waals surface area (Å²) in [6.45, 7) is 2.25. The molecule has 1 heterocycles. The fraction of sp³-hybridized carbons (Fsp3) is 0.565. The van der Waals surface area contributed by atoms with Crippen LogP contribution in [0.5, 0.6) is 11.5 Å². The molecule has 1 aliphatic heterocycles. The molecular formula is C23H32N2O4. The first-order valence-electron chi connectivity index (χ1n) is 10.8. The SMILES string of the molecule is COc1ccc(/C=C/C(=O)N2CCCCC2)c(OC(=O)NCC2CCCCC2)c1. The number of amides is 2. The van der Waals surface area contributed by atoms with Crippen LogP contribution in [0.1, 0.15) is 56.9 Å². The van der Waals surface area contributed by atoms with Gasteiger partial charge in [0.05, 0.1) is 7.11 Å². The van der Waals surface area contributed by atoms with Crippen LogP contribution in [-0.4, -0.2) is 43.6 Å². The first kappa shape index (κ1) is 21.2. The molecule has 2 amide bonds. The van der Waals surface area contributed by atoms with Gasteiger partial charge in [0, 0.05) is 37.3 Å². The van der Waals surface area contributed by atoms with Gasteiger partial charge >= 0.3 is 6.09 Å². The summed E-state index contributed by atoms with van der Waals surface area (Å²) in [6, 6.07) is 5.26. The van der Waals surface area contributed by atoms with Crippen LogP contribution in [0.4, 0.5) is 4.79 Å². The highest BCUT2D eigenvalue weighted by Crippen LogP contribution is 2.27. The van der Waals surface area contributed by atoms with Crippen molar-refractivity contribution in [3.63, 3.8) is 0 Å². The number of benzene rings is 1. The molecule has 1 saturated heterocycles. The molecule has 6 heteroatoms. The van der Waals surface area contributed by atoms with Crippen LogP contribution >= 0.6 is 0 Å². The lowest BCUT2D eigenvalue weighted by atomic mass is 9.89. The molecule has 6 nitrogen and oxygen atoms in total. The van der Waals surface area contributed by atoms with Crippen LogP contribution in [0.25, 0.3) is 6.08 Å². The summed E-state index contributed by atoms with van der Waals surface area (Å²) in [5.41, 5.74) is 0.670. The van der Waals surface area contributed by atoms with E-state index in [1.54, 1.807) is 37.5 Å². The van der Waals surface area contributed by atoms with Gasteiger partial charge in [0.1, 0.15) is 11.5 Å². The van der Waals surface area contributed by atoms with Crippen molar-refractivity contribution < 1.29 is 19.1 Å². The second-order valence-electron chi connectivity index (χ2n) is 7.90. The number of carbonyl (C=O) groups is 2. The lowest BCUT2D eigenvalue weighted by molar-refractivity contribution is -0.126. The highest BCUT2D eigenvalue weighted by Gasteiger charge is 2.17. The average Bonchev–Trinajstić information content (AvgIpc) is 2.78. The van der Waals surface area contributed by atoms with Crippen molar-refractivity contribution in [3.05, 3.63) is 29.8 Å². The number of nitrogens with zero attached hydrogens (tertiary/aromatic N) is 1. The maximum atomic E-state index is 12.4. The molecule has 0 unspecified atom stereocenters. The quantitative estimate of drug-likeness (QED) is 0.719. The Hall–Kier alpha value is -2.50. The Morgan fingerprint density at radius 3 is 2.55 bits per heavy atom. The second-order valence-corrected chi connectivity index (χ2v) is 7.90. The molecular weight excluding hydrogens is 368 g/mol. The largest absolute Gasteiger partial charge is 0.497 e. The summed E-state index contributed by atoms with van der Waals surface area (Å²) < 4.78 is 10.8. The van der Waals surface area contributed by atoms with Gasteiger partial charge in [-0.1, -0.05) is 19.3 Å². The van der Waals surface area contributed by atoms with E-state index in [9.17, 15) is 9.59 Å². The number of hydrogen-bond donors (Lipinski definition) is 1. The van der Waals surface area contributed by atoms with Crippen LogP contribution in [0.15, 0.2) is 24.3 Å². The van der Waals surface area contributed by atoms with Gasteiger partial charge in [-0.05, 0) is 56.2 Å². The third-order valence-corrected chi connectivity index (χ3v) is 5.76. The van der Waals surface area contributed by atoms with E-state index < -0.39 is 6.09 Å². The molecule has 0 bridgehead atoms. The van der Waals surface area contributed by atoms with Crippen molar-refractivity contribution in [1.29, 1.82) is 0 Å². The first-order chi connectivity index (χ1) is 14.2. The number of carbonyl (C=O) groups excluding carboxylic acids is 2. The van der Waals surface area contributed by atoms with E-state index in [0.29, 0.717) is 29.5 Å². The van der Waals surface area contributed by atoms with Gasteiger partial charge in [0.25, 0.3) is 0 Å². The van der Waals surface area contributed by atoms with Crippen molar-refractivity contribution in [2.24, 2.45) is 5.92 Å². The Morgan fingerprint density at radius 2 is 1.83 bits per heavy atom. The summed E-state index contributed by atoms with van der Waals surface area (Å²) in [5, 5.41) is 2.88. The molecule has 0 radical (unpaired) electrons. The summed E-state index contributed by atoms with van der Waals surface area (Å²) in [6.07, 6.45) is 12.2. The van der Waals surface area contributed by atoms with Gasteiger partial charge in [-0.2, -0.15) is 0 Å². The zero-order valence-electron chi connectivity index (χ0n) is 17.3. The van der Waals surface area contributed by atoms with Gasteiger partial charge in [-0.15, -0.1) is 0 Å². The van der Waals surface area contributed by atoms with Crippen LogP contribution in [0.3, 0.4) is 0 Å². The minimum Gasteiger partial charge on any atom is -0.497 e. The average molecular weight is 401 g/mol. The van der Waals surface area contributed by atoms with Gasteiger partial charge in [-0.25, -0.2) is 4.79 Å². The van der Waals surface area contributed by atoms with E-state index in [4.69, 9.17) is 9.47 Å². The molecule has 2 aliphatic rings. The minimum atomic E-state index is -0.471. The number of rotatable bonds is 6. The Morgan fingerprint density at radius 1 is 1.10 bits per heavy atom. The molecule has 158 valence electrons. The standard InChI is InChI=1S/C23H32N2O4/c1-28-20-12-10-19(11-13-22(26)25-14-6-3-7-15-25)21(16-20)29-23(27)24-17-18-8-4-2-5-9-18/h10-13,16,18H,2-9,14-15,17H2,1H3,(H,24,27)/b13-11+. The predicted molar refractivity (Wildman–Crippen MR) is 113 cm³/mol. The molecule has 2 fully saturated rings. The number of likely N-dealkylation sites (tertiary alicyclic amines) is 1. The Bertz CT molecular complexity index is 720. The van der Waals surface area contributed by atoms with Crippen molar-refractivity contribution >= 4 is 18.1 Å². The molecule has 1 aromatic rings. The minimum absolute atomic E-state index is 0.00628. The molecule has 29 heavy (non-hydrogen) atoms. The summed E-state index contributed by atoms with van der Waals surface area (Å²) in [4.78, 5) is 26.6. The van der Waals surface area contributed by atoms with Crippen LogP contribution in [-0.2, 0) is 4.79 Å². The molecule has 1 saturated carbocycles. The Labute approximate surface area is 173 Å². The van der Waals surface area contributed by atoms with E-state index >= 15 is 0 Å². The molecule has 0 atom stereocenters. The maximum absolute atomic E-state index is 12.4. The van der Waals surface area contributed by atoms with E-state index in [0.717, 1.165) is 38.8 Å². The van der Waals surface area contributed by atoms with E-state index in [1.807, 2.05) is 4.90 Å². The smallest absolute Gasteiger partial charge is 0.412 e. The monoisotopic (exact) mass is 400 g/mol. The van der Waals surface area contributed by atoms with E-state index in [1.165, 1.54) is 25.7 Å². The number of methoxy groups -OCH3 is 1. The van der Waals surface area contributed by atoms with Gasteiger partial charge in [0.15, 0.2) is 0 Å². The summed E-state index contributed by atoms with van der Waals surface area (Å²) in [5.74, 6) is 1.50. The third kappa shape index (κ3) is 6.51. The van der Waals surface area contributed by atoms with Crippen molar-refractivity contribution in [1.82, 2.24) is 10.2 Å². The molecule has 1 N–H and O–H groups in total. The molecule has 0 aromatic heterocycles. The normalized spacial score (nSPS) is 17.9. The zero-order chi connectivity index (χ0) is 20.5. The topological polar surface area (TPSA) is 67.9 Å². The molecule has 1 aromatic carbocycles. The summed E-state index contributed by atoms with van der Waals surface area (Å²) >= 11 is 0. The second kappa shape index (κ2) is 10.9. The van der Waals surface area contributed by atoms with Crippen molar-refractivity contribution in [3.8, 4) is 11.5 Å². The fourth-order valence-electron chi connectivity index (χ4n) is 4.00. The van der Waals surface area contributed by atoms with Gasteiger partial charge in [0.2, 0.25) is 5.91 Å². The number of piperidine rings is 1. The van der Waals surface area contributed by atoms with E-state index in [-0.39, 0.29) is 5.91 Å². The Balaban J connectivity index is 1.62.